The van der Waals surface area contributed by atoms with Crippen molar-refractivity contribution < 1.29 is 19.6 Å². The predicted octanol–water partition coefficient (Wildman–Crippen LogP) is 1.05. The van der Waals surface area contributed by atoms with Gasteiger partial charge < -0.3 is 14.9 Å². The Morgan fingerprint density at radius 2 is 1.85 bits per heavy atom. The van der Waals surface area contributed by atoms with Crippen LogP contribution < -0.4 is 4.90 Å². The molecule has 0 aromatic carbocycles. The minimum Gasteiger partial charge on any atom is -0.478 e. The van der Waals surface area contributed by atoms with E-state index in [4.69, 9.17) is 5.11 Å². The fourth-order valence-corrected chi connectivity index (χ4v) is 2.70. The molecular formula is C16H15N5O5. The van der Waals surface area contributed by atoms with Crippen LogP contribution in [-0.2, 0) is 0 Å². The first kappa shape index (κ1) is 17.3. The van der Waals surface area contributed by atoms with E-state index < -0.39 is 10.9 Å². The van der Waals surface area contributed by atoms with Gasteiger partial charge in [0.05, 0.1) is 10.5 Å². The maximum absolute atomic E-state index is 12.5. The second-order valence-electron chi connectivity index (χ2n) is 5.62. The number of carboxylic acids is 1. The number of aromatic carboxylic acids is 1. The highest BCUT2D eigenvalue weighted by Gasteiger charge is 2.27. The van der Waals surface area contributed by atoms with Crippen LogP contribution in [0, 0.1) is 10.1 Å². The molecule has 1 aliphatic rings. The first-order valence-corrected chi connectivity index (χ1v) is 7.80. The number of nitrogens with zero attached hydrogens (tertiary/aromatic N) is 5. The molecule has 1 fully saturated rings. The second kappa shape index (κ2) is 7.13. The molecule has 1 saturated heterocycles. The van der Waals surface area contributed by atoms with Gasteiger partial charge in [0, 0.05) is 44.6 Å². The zero-order valence-corrected chi connectivity index (χ0v) is 13.6. The Hall–Kier alpha value is -3.56. The van der Waals surface area contributed by atoms with Crippen LogP contribution in [0.1, 0.15) is 20.8 Å². The molecule has 3 rings (SSSR count). The van der Waals surface area contributed by atoms with Crippen LogP contribution >= 0.6 is 0 Å². The van der Waals surface area contributed by atoms with Crippen LogP contribution in [0.25, 0.3) is 0 Å². The lowest BCUT2D eigenvalue weighted by molar-refractivity contribution is -0.384. The molecule has 2 aromatic rings. The van der Waals surface area contributed by atoms with Crippen LogP contribution in [0.4, 0.5) is 11.5 Å². The summed E-state index contributed by atoms with van der Waals surface area (Å²) >= 11 is 0. The fraction of sp³-hybridized carbons (Fsp3) is 0.250. The third-order valence-electron chi connectivity index (χ3n) is 4.06. The summed E-state index contributed by atoms with van der Waals surface area (Å²) in [5, 5.41) is 20.0. The number of rotatable bonds is 4. The summed E-state index contributed by atoms with van der Waals surface area (Å²) in [6.07, 6.45) is 2.64. The molecule has 1 aliphatic heterocycles. The van der Waals surface area contributed by atoms with Gasteiger partial charge in [0.15, 0.2) is 0 Å². The third kappa shape index (κ3) is 3.43. The molecule has 0 radical (unpaired) electrons. The number of piperazine rings is 1. The highest BCUT2D eigenvalue weighted by atomic mass is 16.6. The van der Waals surface area contributed by atoms with E-state index in [9.17, 15) is 19.7 Å². The van der Waals surface area contributed by atoms with Gasteiger partial charge in [0.25, 0.3) is 5.91 Å². The number of hydrogen-bond acceptors (Lipinski definition) is 7. The van der Waals surface area contributed by atoms with Crippen molar-refractivity contribution in [3.63, 3.8) is 0 Å². The SMILES string of the molecule is O=C(O)c1ccc(C(=O)N2CCN(c3ncccc3[N+](=O)[O-])CC2)nc1. The molecule has 0 bridgehead atoms. The van der Waals surface area contributed by atoms with Crippen molar-refractivity contribution in [2.24, 2.45) is 0 Å². The Kier molecular flexibility index (Phi) is 4.74. The standard InChI is InChI=1S/C16H15N5O5/c22-15(12-4-3-11(10-18-12)16(23)24)20-8-6-19(7-9-20)14-13(21(25)26)2-1-5-17-14/h1-5,10H,6-9H2,(H,23,24). The zero-order valence-electron chi connectivity index (χ0n) is 13.6. The molecule has 0 spiro atoms. The van der Waals surface area contributed by atoms with Crippen LogP contribution in [0.15, 0.2) is 36.7 Å². The van der Waals surface area contributed by atoms with Gasteiger partial charge in [-0.25, -0.2) is 9.78 Å². The quantitative estimate of drug-likeness (QED) is 0.635. The highest BCUT2D eigenvalue weighted by Crippen LogP contribution is 2.25. The first-order valence-electron chi connectivity index (χ1n) is 7.80. The molecule has 10 heteroatoms. The van der Waals surface area contributed by atoms with E-state index in [1.807, 2.05) is 0 Å². The number of hydrogen-bond donors (Lipinski definition) is 1. The molecule has 0 aliphatic carbocycles. The van der Waals surface area contributed by atoms with Crippen LogP contribution in [-0.4, -0.2) is 63.0 Å². The smallest absolute Gasteiger partial charge is 0.337 e. The molecule has 26 heavy (non-hydrogen) atoms. The summed E-state index contributed by atoms with van der Waals surface area (Å²) < 4.78 is 0. The normalized spacial score (nSPS) is 14.2. The molecule has 0 unspecified atom stereocenters. The second-order valence-corrected chi connectivity index (χ2v) is 5.62. The van der Waals surface area contributed by atoms with Crippen molar-refractivity contribution >= 4 is 23.4 Å². The molecule has 0 saturated carbocycles. The summed E-state index contributed by atoms with van der Waals surface area (Å²) in [6, 6.07) is 5.61. The third-order valence-corrected chi connectivity index (χ3v) is 4.06. The van der Waals surface area contributed by atoms with Crippen molar-refractivity contribution in [1.82, 2.24) is 14.9 Å². The monoisotopic (exact) mass is 357 g/mol. The maximum atomic E-state index is 12.5. The molecule has 1 amide bonds. The molecule has 0 atom stereocenters. The van der Waals surface area contributed by atoms with Crippen LogP contribution in [0.3, 0.4) is 0 Å². The van der Waals surface area contributed by atoms with Crippen molar-refractivity contribution in [3.8, 4) is 0 Å². The zero-order chi connectivity index (χ0) is 18.7. The number of carbonyl (C=O) groups excluding carboxylic acids is 1. The summed E-state index contributed by atoms with van der Waals surface area (Å²) in [5.74, 6) is -1.13. The minimum absolute atomic E-state index is 0.00818. The number of amides is 1. The number of pyridine rings is 2. The highest BCUT2D eigenvalue weighted by molar-refractivity contribution is 5.94. The lowest BCUT2D eigenvalue weighted by Gasteiger charge is -2.34. The fourth-order valence-electron chi connectivity index (χ4n) is 2.70. The largest absolute Gasteiger partial charge is 0.478 e. The van der Waals surface area contributed by atoms with Gasteiger partial charge in [-0.05, 0) is 18.2 Å². The number of carboxylic acid groups (broad SMARTS) is 1. The Labute approximate surface area is 147 Å². The van der Waals surface area contributed by atoms with Gasteiger partial charge in [-0.1, -0.05) is 0 Å². The Bertz CT molecular complexity index is 846. The molecule has 3 heterocycles. The predicted molar refractivity (Wildman–Crippen MR) is 90.2 cm³/mol. The number of carbonyl (C=O) groups is 2. The van der Waals surface area contributed by atoms with E-state index in [1.54, 1.807) is 9.80 Å². The van der Waals surface area contributed by atoms with E-state index in [0.29, 0.717) is 26.2 Å². The minimum atomic E-state index is -1.11. The summed E-state index contributed by atoms with van der Waals surface area (Å²) in [6.45, 7) is 1.51. The van der Waals surface area contributed by atoms with E-state index in [2.05, 4.69) is 9.97 Å². The van der Waals surface area contributed by atoms with Crippen molar-refractivity contribution in [1.29, 1.82) is 0 Å². The van der Waals surface area contributed by atoms with Gasteiger partial charge >= 0.3 is 11.7 Å². The topological polar surface area (TPSA) is 130 Å². The Morgan fingerprint density at radius 3 is 2.42 bits per heavy atom. The average molecular weight is 357 g/mol. The maximum Gasteiger partial charge on any atom is 0.337 e. The lowest BCUT2D eigenvalue weighted by Crippen LogP contribution is -2.49. The van der Waals surface area contributed by atoms with Gasteiger partial charge in [0.1, 0.15) is 5.69 Å². The molecule has 1 N–H and O–H groups in total. The van der Waals surface area contributed by atoms with E-state index in [0.717, 1.165) is 6.20 Å². The summed E-state index contributed by atoms with van der Waals surface area (Å²) in [4.78, 5) is 45.3. The molecule has 2 aromatic heterocycles. The first-order chi connectivity index (χ1) is 12.5. The van der Waals surface area contributed by atoms with Crippen LogP contribution in [0.2, 0.25) is 0 Å². The van der Waals surface area contributed by atoms with Crippen molar-refractivity contribution in [2.45, 2.75) is 0 Å². The summed E-state index contributed by atoms with van der Waals surface area (Å²) in [5.41, 5.74) is 0.0966. The van der Waals surface area contributed by atoms with E-state index >= 15 is 0 Å². The molecule has 10 nitrogen and oxygen atoms in total. The van der Waals surface area contributed by atoms with Crippen LogP contribution in [0.5, 0.6) is 0 Å². The number of aromatic nitrogens is 2. The number of anilines is 1. The molecule has 134 valence electrons. The van der Waals surface area contributed by atoms with E-state index in [-0.39, 0.29) is 28.7 Å². The summed E-state index contributed by atoms with van der Waals surface area (Å²) in [7, 11) is 0. The Morgan fingerprint density at radius 1 is 1.12 bits per heavy atom. The number of nitro groups is 1. The average Bonchev–Trinajstić information content (AvgIpc) is 2.67. The van der Waals surface area contributed by atoms with Gasteiger partial charge in [-0.15, -0.1) is 0 Å². The Balaban J connectivity index is 1.68. The lowest BCUT2D eigenvalue weighted by atomic mass is 10.2. The van der Waals surface area contributed by atoms with Crippen molar-refractivity contribution in [3.05, 3.63) is 58.0 Å². The van der Waals surface area contributed by atoms with Gasteiger partial charge in [0.2, 0.25) is 5.82 Å². The van der Waals surface area contributed by atoms with Gasteiger partial charge in [-0.3, -0.25) is 19.9 Å². The van der Waals surface area contributed by atoms with E-state index in [1.165, 1.54) is 30.5 Å². The van der Waals surface area contributed by atoms with Crippen molar-refractivity contribution in [2.75, 3.05) is 31.1 Å². The molecular weight excluding hydrogens is 342 g/mol. The van der Waals surface area contributed by atoms with Gasteiger partial charge in [-0.2, -0.15) is 0 Å².